The number of benzene rings is 2. The molecule has 0 aliphatic heterocycles. The van der Waals surface area contributed by atoms with Crippen molar-refractivity contribution in [3.63, 3.8) is 0 Å². The van der Waals surface area contributed by atoms with Gasteiger partial charge in [-0.3, -0.25) is 4.79 Å². The molecule has 35 heavy (non-hydrogen) atoms. The van der Waals surface area contributed by atoms with Crippen LogP contribution in [-0.4, -0.2) is 31.1 Å². The number of hydrogen-bond acceptors (Lipinski definition) is 6. The van der Waals surface area contributed by atoms with E-state index in [-0.39, 0.29) is 29.6 Å². The molecule has 0 spiro atoms. The standard InChI is InChI=1S/C28H31NO5S/c1-5-33-25(30)22-19(2)23(26(31)34-17-16-20-12-8-6-9-13-20)35-24(22)29-27(32)28(3,4)18-21-14-10-7-11-15-21/h6-15H,5,16-18H2,1-4H3,(H,29,32). The smallest absolute Gasteiger partial charge is 0.348 e. The molecule has 0 saturated heterocycles. The van der Waals surface area contributed by atoms with Gasteiger partial charge in [-0.2, -0.15) is 0 Å². The summed E-state index contributed by atoms with van der Waals surface area (Å²) in [5, 5.41) is 3.17. The van der Waals surface area contributed by atoms with E-state index in [0.717, 1.165) is 22.5 Å². The van der Waals surface area contributed by atoms with Crippen molar-refractivity contribution < 1.29 is 23.9 Å². The van der Waals surface area contributed by atoms with Crippen LogP contribution in [0.15, 0.2) is 60.7 Å². The fourth-order valence-corrected chi connectivity index (χ4v) is 4.76. The first-order valence-corrected chi connectivity index (χ1v) is 12.4. The van der Waals surface area contributed by atoms with E-state index in [1.54, 1.807) is 13.8 Å². The van der Waals surface area contributed by atoms with Crippen LogP contribution in [0.1, 0.15) is 57.5 Å². The number of carbonyl (C=O) groups excluding carboxylic acids is 3. The molecule has 2 aromatic carbocycles. The third-order valence-electron chi connectivity index (χ3n) is 5.61. The third kappa shape index (κ3) is 6.79. The zero-order valence-corrected chi connectivity index (χ0v) is 21.4. The second-order valence-corrected chi connectivity index (χ2v) is 9.87. The summed E-state index contributed by atoms with van der Waals surface area (Å²) in [6.07, 6.45) is 1.10. The third-order valence-corrected chi connectivity index (χ3v) is 6.80. The molecule has 184 valence electrons. The van der Waals surface area contributed by atoms with Gasteiger partial charge in [-0.1, -0.05) is 74.5 Å². The monoisotopic (exact) mass is 493 g/mol. The molecule has 1 amide bonds. The van der Waals surface area contributed by atoms with Crippen LogP contribution in [0.25, 0.3) is 0 Å². The highest BCUT2D eigenvalue weighted by molar-refractivity contribution is 7.18. The Kier molecular flexibility index (Phi) is 8.82. The van der Waals surface area contributed by atoms with Crippen LogP contribution in [0, 0.1) is 12.3 Å². The maximum Gasteiger partial charge on any atom is 0.348 e. The molecule has 0 unspecified atom stereocenters. The van der Waals surface area contributed by atoms with Gasteiger partial charge in [-0.25, -0.2) is 9.59 Å². The molecule has 3 aromatic rings. The summed E-state index contributed by atoms with van der Waals surface area (Å²) in [5.41, 5.74) is 1.97. The Balaban J connectivity index is 1.79. The second-order valence-electron chi connectivity index (χ2n) is 8.85. The van der Waals surface area contributed by atoms with Crippen LogP contribution < -0.4 is 5.32 Å². The van der Waals surface area contributed by atoms with Gasteiger partial charge in [-0.15, -0.1) is 11.3 Å². The van der Waals surface area contributed by atoms with Crippen molar-refractivity contribution in [2.75, 3.05) is 18.5 Å². The first-order chi connectivity index (χ1) is 16.7. The number of carbonyl (C=O) groups is 3. The number of nitrogens with one attached hydrogen (secondary N) is 1. The lowest BCUT2D eigenvalue weighted by Crippen LogP contribution is -2.33. The summed E-state index contributed by atoms with van der Waals surface area (Å²) in [6, 6.07) is 19.5. The number of ether oxygens (including phenoxy) is 2. The summed E-state index contributed by atoms with van der Waals surface area (Å²) in [6.45, 7) is 7.46. The van der Waals surface area contributed by atoms with Gasteiger partial charge in [0.15, 0.2) is 0 Å². The average Bonchev–Trinajstić information content (AvgIpc) is 3.16. The molecular formula is C28H31NO5S. The lowest BCUT2D eigenvalue weighted by Gasteiger charge is -2.23. The zero-order chi connectivity index (χ0) is 25.4. The molecule has 0 aliphatic rings. The molecule has 0 aliphatic carbocycles. The second kappa shape index (κ2) is 11.8. The Morgan fingerprint density at radius 3 is 2.09 bits per heavy atom. The molecule has 3 rings (SSSR count). The molecule has 0 fully saturated rings. The van der Waals surface area contributed by atoms with Gasteiger partial charge in [-0.05, 0) is 37.0 Å². The van der Waals surface area contributed by atoms with Gasteiger partial charge < -0.3 is 14.8 Å². The molecule has 6 nitrogen and oxygen atoms in total. The summed E-state index contributed by atoms with van der Waals surface area (Å²) in [5.74, 6) is -1.36. The minimum absolute atomic E-state index is 0.178. The van der Waals surface area contributed by atoms with Gasteiger partial charge in [0.25, 0.3) is 0 Å². The molecular weight excluding hydrogens is 462 g/mol. The van der Waals surface area contributed by atoms with E-state index in [0.29, 0.717) is 23.4 Å². The van der Waals surface area contributed by atoms with E-state index in [1.165, 1.54) is 0 Å². The largest absolute Gasteiger partial charge is 0.462 e. The lowest BCUT2D eigenvalue weighted by atomic mass is 9.85. The van der Waals surface area contributed by atoms with Gasteiger partial charge in [0.1, 0.15) is 9.88 Å². The van der Waals surface area contributed by atoms with Crippen LogP contribution in [0.5, 0.6) is 0 Å². The number of hydrogen-bond donors (Lipinski definition) is 1. The van der Waals surface area contributed by atoms with E-state index in [9.17, 15) is 14.4 Å². The fraction of sp³-hybridized carbons (Fsp3) is 0.321. The van der Waals surface area contributed by atoms with Crippen molar-refractivity contribution in [2.24, 2.45) is 5.41 Å². The quantitative estimate of drug-likeness (QED) is 0.359. The van der Waals surface area contributed by atoms with Crippen molar-refractivity contribution in [1.29, 1.82) is 0 Å². The van der Waals surface area contributed by atoms with E-state index < -0.39 is 17.4 Å². The molecule has 0 saturated carbocycles. The van der Waals surface area contributed by atoms with Gasteiger partial charge in [0, 0.05) is 11.8 Å². The van der Waals surface area contributed by atoms with E-state index in [2.05, 4.69) is 5.32 Å². The number of anilines is 1. The van der Waals surface area contributed by atoms with Crippen LogP contribution in [-0.2, 0) is 27.1 Å². The van der Waals surface area contributed by atoms with Crippen LogP contribution in [0.2, 0.25) is 0 Å². The average molecular weight is 494 g/mol. The minimum atomic E-state index is -0.748. The lowest BCUT2D eigenvalue weighted by molar-refractivity contribution is -0.123. The Labute approximate surface area is 210 Å². The maximum absolute atomic E-state index is 13.2. The van der Waals surface area contributed by atoms with Gasteiger partial charge in [0.2, 0.25) is 5.91 Å². The normalized spacial score (nSPS) is 11.1. The maximum atomic E-state index is 13.2. The molecule has 1 heterocycles. The fourth-order valence-electron chi connectivity index (χ4n) is 3.68. The van der Waals surface area contributed by atoms with Gasteiger partial charge in [0.05, 0.1) is 18.8 Å². The van der Waals surface area contributed by atoms with Crippen molar-refractivity contribution in [1.82, 2.24) is 0 Å². The predicted octanol–water partition coefficient (Wildman–Crippen LogP) is 5.84. The van der Waals surface area contributed by atoms with E-state index >= 15 is 0 Å². The first kappa shape index (κ1) is 26.2. The van der Waals surface area contributed by atoms with Crippen LogP contribution >= 0.6 is 11.3 Å². The number of thiophene rings is 1. The zero-order valence-electron chi connectivity index (χ0n) is 20.6. The highest BCUT2D eigenvalue weighted by Gasteiger charge is 2.32. The van der Waals surface area contributed by atoms with Crippen LogP contribution in [0.3, 0.4) is 0 Å². The molecule has 0 radical (unpaired) electrons. The Morgan fingerprint density at radius 2 is 1.49 bits per heavy atom. The molecule has 1 N–H and O–H groups in total. The summed E-state index contributed by atoms with van der Waals surface area (Å²) in [7, 11) is 0. The highest BCUT2D eigenvalue weighted by atomic mass is 32.1. The highest BCUT2D eigenvalue weighted by Crippen LogP contribution is 2.36. The van der Waals surface area contributed by atoms with Crippen molar-refractivity contribution in [3.8, 4) is 0 Å². The SMILES string of the molecule is CCOC(=O)c1c(NC(=O)C(C)(C)Cc2ccccc2)sc(C(=O)OCCc2ccccc2)c1C. The molecule has 0 atom stereocenters. The topological polar surface area (TPSA) is 81.7 Å². The van der Waals surface area contributed by atoms with Crippen molar-refractivity contribution in [3.05, 3.63) is 87.8 Å². The number of esters is 2. The van der Waals surface area contributed by atoms with E-state index in [4.69, 9.17) is 9.47 Å². The minimum Gasteiger partial charge on any atom is -0.462 e. The number of rotatable bonds is 10. The molecule has 7 heteroatoms. The van der Waals surface area contributed by atoms with Crippen molar-refractivity contribution in [2.45, 2.75) is 40.5 Å². The predicted molar refractivity (Wildman–Crippen MR) is 138 cm³/mol. The first-order valence-electron chi connectivity index (χ1n) is 11.6. The summed E-state index contributed by atoms with van der Waals surface area (Å²) in [4.78, 5) is 39.1. The van der Waals surface area contributed by atoms with Crippen molar-refractivity contribution >= 4 is 34.2 Å². The Hall–Kier alpha value is -3.45. The summed E-state index contributed by atoms with van der Waals surface area (Å²) >= 11 is 1.04. The Bertz CT molecular complexity index is 1170. The van der Waals surface area contributed by atoms with E-state index in [1.807, 2.05) is 74.5 Å². The number of amides is 1. The van der Waals surface area contributed by atoms with Crippen LogP contribution in [0.4, 0.5) is 5.00 Å². The molecule has 1 aromatic heterocycles. The molecule has 0 bridgehead atoms. The Morgan fingerprint density at radius 1 is 0.886 bits per heavy atom. The summed E-state index contributed by atoms with van der Waals surface area (Å²) < 4.78 is 10.7. The van der Waals surface area contributed by atoms with Gasteiger partial charge >= 0.3 is 11.9 Å².